The van der Waals surface area contributed by atoms with Crippen LogP contribution in [0, 0.1) is 12.7 Å². The summed E-state index contributed by atoms with van der Waals surface area (Å²) in [7, 11) is 0. The number of carbonyl (C=O) groups excluding carboxylic acids is 1. The molecule has 0 bridgehead atoms. The lowest BCUT2D eigenvalue weighted by Crippen LogP contribution is -2.36. The predicted octanol–water partition coefficient (Wildman–Crippen LogP) is 1.07. The van der Waals surface area contributed by atoms with Crippen molar-refractivity contribution in [1.82, 2.24) is 5.32 Å². The van der Waals surface area contributed by atoms with Gasteiger partial charge in [0.05, 0.1) is 5.56 Å². The van der Waals surface area contributed by atoms with Crippen LogP contribution in [0.25, 0.3) is 0 Å². The van der Waals surface area contributed by atoms with E-state index in [0.29, 0.717) is 0 Å². The van der Waals surface area contributed by atoms with Crippen molar-refractivity contribution in [3.05, 3.63) is 29.1 Å². The van der Waals surface area contributed by atoms with Gasteiger partial charge < -0.3 is 16.2 Å². The van der Waals surface area contributed by atoms with Crippen molar-refractivity contribution in [3.8, 4) is 0 Å². The zero-order valence-electron chi connectivity index (χ0n) is 9.58. The molecule has 1 aromatic carbocycles. The average molecular weight is 262 g/mol. The van der Waals surface area contributed by atoms with E-state index in [1.165, 1.54) is 13.0 Å². The van der Waals surface area contributed by atoms with Gasteiger partial charge in [-0.25, -0.2) is 13.2 Å². The minimum atomic E-state index is -2.97. The van der Waals surface area contributed by atoms with Gasteiger partial charge in [0, 0.05) is 12.2 Å². The Morgan fingerprint density at radius 1 is 1.50 bits per heavy atom. The monoisotopic (exact) mass is 262 g/mol. The molecule has 0 spiro atoms. The molecule has 1 atom stereocenters. The van der Waals surface area contributed by atoms with Gasteiger partial charge in [-0.15, -0.1) is 0 Å². The van der Waals surface area contributed by atoms with Crippen LogP contribution in [0.15, 0.2) is 12.1 Å². The number of hydrogen-bond acceptors (Lipinski definition) is 3. The van der Waals surface area contributed by atoms with E-state index in [2.05, 4.69) is 0 Å². The van der Waals surface area contributed by atoms with Crippen molar-refractivity contribution in [2.75, 3.05) is 12.3 Å². The standard InChI is InChI=1S/C11H13F3N2O2/c1-5-2-6(15)3-7(9(5)12)11(18)16-4-8(17)10(13)14/h2-3,8,10,17H,4,15H2,1H3,(H,16,18). The molecule has 0 saturated heterocycles. The van der Waals surface area contributed by atoms with Crippen molar-refractivity contribution < 1.29 is 23.1 Å². The SMILES string of the molecule is Cc1cc(N)cc(C(=O)NCC(O)C(F)F)c1F. The normalized spacial score (nSPS) is 12.6. The van der Waals surface area contributed by atoms with Crippen molar-refractivity contribution in [2.24, 2.45) is 0 Å². The molecular formula is C11H13F3N2O2. The molecule has 4 nitrogen and oxygen atoms in total. The van der Waals surface area contributed by atoms with Crippen LogP contribution in [0.5, 0.6) is 0 Å². The topological polar surface area (TPSA) is 75.4 Å². The first kappa shape index (κ1) is 14.3. The van der Waals surface area contributed by atoms with Gasteiger partial charge in [0.25, 0.3) is 12.3 Å². The molecule has 0 aliphatic heterocycles. The number of halogens is 3. The Labute approximate surface area is 102 Å². The second kappa shape index (κ2) is 5.72. The van der Waals surface area contributed by atoms with Crippen LogP contribution >= 0.6 is 0 Å². The number of amides is 1. The molecule has 0 saturated carbocycles. The maximum Gasteiger partial charge on any atom is 0.265 e. The van der Waals surface area contributed by atoms with E-state index in [1.807, 2.05) is 5.32 Å². The Hall–Kier alpha value is -1.76. The molecule has 4 N–H and O–H groups in total. The van der Waals surface area contributed by atoms with E-state index in [4.69, 9.17) is 10.8 Å². The average Bonchev–Trinajstić information content (AvgIpc) is 2.29. The van der Waals surface area contributed by atoms with Gasteiger partial charge in [-0.05, 0) is 24.6 Å². The van der Waals surface area contributed by atoms with Crippen LogP contribution in [-0.4, -0.2) is 30.1 Å². The van der Waals surface area contributed by atoms with E-state index < -0.39 is 30.8 Å². The van der Waals surface area contributed by atoms with E-state index in [-0.39, 0.29) is 16.8 Å². The third-order valence-corrected chi connectivity index (χ3v) is 2.28. The molecule has 1 rings (SSSR count). The van der Waals surface area contributed by atoms with Crippen LogP contribution in [0.3, 0.4) is 0 Å². The van der Waals surface area contributed by atoms with Gasteiger partial charge in [0.15, 0.2) is 0 Å². The number of nitrogen functional groups attached to an aromatic ring is 1. The fourth-order valence-corrected chi connectivity index (χ4v) is 1.34. The van der Waals surface area contributed by atoms with Gasteiger partial charge in [0.2, 0.25) is 0 Å². The van der Waals surface area contributed by atoms with Crippen molar-refractivity contribution in [1.29, 1.82) is 0 Å². The summed E-state index contributed by atoms with van der Waals surface area (Å²) in [6.07, 6.45) is -4.96. The maximum atomic E-state index is 13.6. The molecule has 7 heteroatoms. The van der Waals surface area contributed by atoms with Crippen LogP contribution in [0.1, 0.15) is 15.9 Å². The summed E-state index contributed by atoms with van der Waals surface area (Å²) < 4.78 is 37.6. The Kier molecular flexibility index (Phi) is 4.55. The smallest absolute Gasteiger partial charge is 0.265 e. The van der Waals surface area contributed by atoms with E-state index in [0.717, 1.165) is 6.07 Å². The molecule has 1 unspecified atom stereocenters. The van der Waals surface area contributed by atoms with Crippen LogP contribution in [0.4, 0.5) is 18.9 Å². The third-order valence-electron chi connectivity index (χ3n) is 2.28. The van der Waals surface area contributed by atoms with Gasteiger partial charge in [-0.3, -0.25) is 4.79 Å². The van der Waals surface area contributed by atoms with E-state index in [9.17, 15) is 18.0 Å². The van der Waals surface area contributed by atoms with Crippen molar-refractivity contribution in [3.63, 3.8) is 0 Å². The summed E-state index contributed by atoms with van der Waals surface area (Å²) in [5.41, 5.74) is 5.48. The number of aliphatic hydroxyl groups excluding tert-OH is 1. The molecule has 0 aliphatic carbocycles. The summed E-state index contributed by atoms with van der Waals surface area (Å²) in [4.78, 5) is 11.5. The van der Waals surface area contributed by atoms with Gasteiger partial charge in [-0.2, -0.15) is 0 Å². The van der Waals surface area contributed by atoms with E-state index >= 15 is 0 Å². The van der Waals surface area contributed by atoms with Gasteiger partial charge in [0.1, 0.15) is 11.9 Å². The minimum absolute atomic E-state index is 0.176. The van der Waals surface area contributed by atoms with Crippen LogP contribution in [0.2, 0.25) is 0 Å². The summed E-state index contributed by atoms with van der Waals surface area (Å²) in [6, 6.07) is 2.45. The number of rotatable bonds is 4. The quantitative estimate of drug-likeness (QED) is 0.710. The molecule has 0 heterocycles. The molecule has 0 radical (unpaired) electrons. The number of benzene rings is 1. The number of alkyl halides is 2. The summed E-state index contributed by atoms with van der Waals surface area (Å²) >= 11 is 0. The zero-order chi connectivity index (χ0) is 13.9. The molecule has 18 heavy (non-hydrogen) atoms. The highest BCUT2D eigenvalue weighted by atomic mass is 19.3. The van der Waals surface area contributed by atoms with Crippen LogP contribution < -0.4 is 11.1 Å². The second-order valence-electron chi connectivity index (χ2n) is 3.81. The number of hydrogen-bond donors (Lipinski definition) is 3. The number of aryl methyl sites for hydroxylation is 1. The Morgan fingerprint density at radius 2 is 2.11 bits per heavy atom. The molecule has 1 aromatic rings. The highest BCUT2D eigenvalue weighted by molar-refractivity contribution is 5.95. The lowest BCUT2D eigenvalue weighted by molar-refractivity contribution is -0.00272. The number of anilines is 1. The number of nitrogens with two attached hydrogens (primary N) is 1. The van der Waals surface area contributed by atoms with Gasteiger partial charge in [-0.1, -0.05) is 0 Å². The lowest BCUT2D eigenvalue weighted by Gasteiger charge is -2.12. The fraction of sp³-hybridized carbons (Fsp3) is 0.364. The predicted molar refractivity (Wildman–Crippen MR) is 59.9 cm³/mol. The number of carbonyl (C=O) groups is 1. The third kappa shape index (κ3) is 3.36. The Bertz CT molecular complexity index is 452. The number of nitrogens with one attached hydrogen (secondary N) is 1. The van der Waals surface area contributed by atoms with Gasteiger partial charge >= 0.3 is 0 Å². The minimum Gasteiger partial charge on any atom is -0.399 e. The Balaban J connectivity index is 2.79. The second-order valence-corrected chi connectivity index (χ2v) is 3.81. The largest absolute Gasteiger partial charge is 0.399 e. The van der Waals surface area contributed by atoms with Crippen molar-refractivity contribution >= 4 is 11.6 Å². The summed E-state index contributed by atoms with van der Waals surface area (Å²) in [5.74, 6) is -1.67. The zero-order valence-corrected chi connectivity index (χ0v) is 9.58. The fourth-order valence-electron chi connectivity index (χ4n) is 1.34. The highest BCUT2D eigenvalue weighted by Gasteiger charge is 2.20. The molecule has 0 aliphatic rings. The summed E-state index contributed by atoms with van der Waals surface area (Å²) in [5, 5.41) is 10.8. The maximum absolute atomic E-state index is 13.6. The van der Waals surface area contributed by atoms with Crippen LogP contribution in [-0.2, 0) is 0 Å². The lowest BCUT2D eigenvalue weighted by atomic mass is 10.1. The molecule has 100 valence electrons. The first-order valence-corrected chi connectivity index (χ1v) is 5.13. The van der Waals surface area contributed by atoms with Crippen molar-refractivity contribution in [2.45, 2.75) is 19.5 Å². The molecule has 1 amide bonds. The Morgan fingerprint density at radius 3 is 2.67 bits per heavy atom. The molecule has 0 fully saturated rings. The summed E-state index contributed by atoms with van der Waals surface area (Å²) in [6.45, 7) is 0.764. The molecular weight excluding hydrogens is 249 g/mol. The molecule has 0 aromatic heterocycles. The highest BCUT2D eigenvalue weighted by Crippen LogP contribution is 2.17. The number of aliphatic hydroxyl groups is 1. The first-order chi connectivity index (χ1) is 8.32. The first-order valence-electron chi connectivity index (χ1n) is 5.13. The van der Waals surface area contributed by atoms with E-state index in [1.54, 1.807) is 0 Å².